The van der Waals surface area contributed by atoms with E-state index >= 15 is 0 Å². The average Bonchev–Trinajstić information content (AvgIpc) is 3.19. The second-order valence-electron chi connectivity index (χ2n) is 7.15. The zero-order valence-electron chi connectivity index (χ0n) is 13.1. The minimum absolute atomic E-state index is 0.295. The van der Waals surface area contributed by atoms with Crippen LogP contribution in [0.4, 0.5) is 0 Å². The summed E-state index contributed by atoms with van der Waals surface area (Å²) in [6.45, 7) is 10.8. The van der Waals surface area contributed by atoms with Gasteiger partial charge in [-0.15, -0.1) is 11.3 Å². The van der Waals surface area contributed by atoms with Crippen LogP contribution in [0, 0.1) is 5.92 Å². The van der Waals surface area contributed by atoms with Crippen LogP contribution in [0.5, 0.6) is 0 Å². The molecule has 1 N–H and O–H groups in total. The Bertz CT molecular complexity index is 440. The predicted octanol–water partition coefficient (Wildman–Crippen LogP) is 3.53. The molecule has 2 nitrogen and oxygen atoms in total. The molecular formula is C17H28N2S. The van der Waals surface area contributed by atoms with Crippen LogP contribution < -0.4 is 5.32 Å². The molecule has 1 aliphatic heterocycles. The van der Waals surface area contributed by atoms with Crippen molar-refractivity contribution in [3.63, 3.8) is 0 Å². The number of piperazine rings is 1. The highest BCUT2D eigenvalue weighted by atomic mass is 32.1. The predicted molar refractivity (Wildman–Crippen MR) is 87.4 cm³/mol. The van der Waals surface area contributed by atoms with Gasteiger partial charge in [-0.05, 0) is 56.9 Å². The fraction of sp³-hybridized carbons (Fsp3) is 0.765. The van der Waals surface area contributed by atoms with E-state index in [0.29, 0.717) is 11.1 Å². The van der Waals surface area contributed by atoms with Crippen molar-refractivity contribution in [1.29, 1.82) is 0 Å². The summed E-state index contributed by atoms with van der Waals surface area (Å²) in [7, 11) is 0. The number of nitrogens with one attached hydrogen (secondary N) is 1. The molecule has 0 radical (unpaired) electrons. The summed E-state index contributed by atoms with van der Waals surface area (Å²) in [5.74, 6) is 0.916. The monoisotopic (exact) mass is 292 g/mol. The Balaban J connectivity index is 1.71. The molecule has 2 fully saturated rings. The van der Waals surface area contributed by atoms with Crippen LogP contribution in [-0.2, 0) is 6.42 Å². The van der Waals surface area contributed by atoms with Crippen molar-refractivity contribution in [2.75, 3.05) is 19.6 Å². The number of thiophene rings is 1. The molecule has 20 heavy (non-hydrogen) atoms. The highest BCUT2D eigenvalue weighted by molar-refractivity contribution is 7.09. The maximum absolute atomic E-state index is 3.84. The molecular weight excluding hydrogens is 264 g/mol. The molecule has 2 unspecified atom stereocenters. The van der Waals surface area contributed by atoms with Gasteiger partial charge in [-0.1, -0.05) is 13.0 Å². The standard InChI is InChI=1S/C17H28N2S/c1-4-16(2)13-19(10-9-15-6-5-11-20-15)17(3,12-18-16)14-7-8-14/h5-6,11,14,18H,4,7-10,12-13H2,1-3H3. The van der Waals surface area contributed by atoms with Gasteiger partial charge in [0.2, 0.25) is 0 Å². The third-order valence-electron chi connectivity index (χ3n) is 5.58. The third-order valence-corrected chi connectivity index (χ3v) is 6.52. The zero-order chi connectivity index (χ0) is 14.2. The van der Waals surface area contributed by atoms with E-state index in [0.717, 1.165) is 12.5 Å². The van der Waals surface area contributed by atoms with Gasteiger partial charge in [-0.2, -0.15) is 0 Å². The molecule has 2 heterocycles. The van der Waals surface area contributed by atoms with E-state index in [1.165, 1.54) is 43.6 Å². The first-order chi connectivity index (χ1) is 9.56. The van der Waals surface area contributed by atoms with Crippen LogP contribution in [0.25, 0.3) is 0 Å². The summed E-state index contributed by atoms with van der Waals surface area (Å²) in [4.78, 5) is 4.32. The molecule has 2 atom stereocenters. The van der Waals surface area contributed by atoms with E-state index in [-0.39, 0.29) is 0 Å². The SMILES string of the molecule is CCC1(C)CN(CCc2cccs2)C(C)(C2CC2)CN1. The lowest BCUT2D eigenvalue weighted by molar-refractivity contribution is 0.00621. The normalized spacial score (nSPS) is 35.4. The topological polar surface area (TPSA) is 15.3 Å². The molecule has 1 saturated carbocycles. The Morgan fingerprint density at radius 3 is 2.80 bits per heavy atom. The summed E-state index contributed by atoms with van der Waals surface area (Å²) >= 11 is 1.90. The highest BCUT2D eigenvalue weighted by Crippen LogP contribution is 2.45. The largest absolute Gasteiger partial charge is 0.308 e. The molecule has 1 aromatic heterocycles. The van der Waals surface area contributed by atoms with E-state index in [9.17, 15) is 0 Å². The molecule has 1 aliphatic carbocycles. The second kappa shape index (κ2) is 5.43. The van der Waals surface area contributed by atoms with Crippen molar-refractivity contribution < 1.29 is 0 Å². The Morgan fingerprint density at radius 1 is 1.40 bits per heavy atom. The van der Waals surface area contributed by atoms with Crippen molar-refractivity contribution in [2.24, 2.45) is 5.92 Å². The van der Waals surface area contributed by atoms with Gasteiger partial charge in [-0.25, -0.2) is 0 Å². The lowest BCUT2D eigenvalue weighted by atomic mass is 9.84. The van der Waals surface area contributed by atoms with Crippen molar-refractivity contribution in [3.8, 4) is 0 Å². The number of hydrogen-bond acceptors (Lipinski definition) is 3. The summed E-state index contributed by atoms with van der Waals surface area (Å²) < 4.78 is 0. The second-order valence-corrected chi connectivity index (χ2v) is 8.18. The van der Waals surface area contributed by atoms with Gasteiger partial charge in [0, 0.05) is 35.6 Å². The third kappa shape index (κ3) is 2.81. The van der Waals surface area contributed by atoms with Gasteiger partial charge < -0.3 is 5.32 Å². The van der Waals surface area contributed by atoms with E-state index in [1.807, 2.05) is 11.3 Å². The Labute approximate surface area is 127 Å². The first-order valence-electron chi connectivity index (χ1n) is 8.08. The van der Waals surface area contributed by atoms with Crippen LogP contribution in [-0.4, -0.2) is 35.6 Å². The molecule has 1 saturated heterocycles. The van der Waals surface area contributed by atoms with Crippen LogP contribution in [0.3, 0.4) is 0 Å². The van der Waals surface area contributed by atoms with Crippen LogP contribution in [0.2, 0.25) is 0 Å². The highest BCUT2D eigenvalue weighted by Gasteiger charge is 2.50. The van der Waals surface area contributed by atoms with Crippen LogP contribution in [0.1, 0.15) is 44.9 Å². The van der Waals surface area contributed by atoms with Gasteiger partial charge in [-0.3, -0.25) is 4.90 Å². The molecule has 0 bridgehead atoms. The van der Waals surface area contributed by atoms with E-state index in [2.05, 4.69) is 48.5 Å². The van der Waals surface area contributed by atoms with E-state index in [4.69, 9.17) is 0 Å². The maximum Gasteiger partial charge on any atom is 0.0335 e. The summed E-state index contributed by atoms with van der Waals surface area (Å²) in [6.07, 6.45) is 5.27. The Hall–Kier alpha value is -0.380. The Kier molecular flexibility index (Phi) is 3.95. The molecule has 2 aliphatic rings. The minimum atomic E-state index is 0.295. The summed E-state index contributed by atoms with van der Waals surface area (Å²) in [6, 6.07) is 4.45. The number of rotatable bonds is 5. The van der Waals surface area contributed by atoms with Gasteiger partial charge in [0.25, 0.3) is 0 Å². The van der Waals surface area contributed by atoms with Gasteiger partial charge >= 0.3 is 0 Å². The van der Waals surface area contributed by atoms with Crippen LogP contribution in [0.15, 0.2) is 17.5 Å². The summed E-state index contributed by atoms with van der Waals surface area (Å²) in [5, 5.41) is 6.04. The lowest BCUT2D eigenvalue weighted by Gasteiger charge is -2.53. The minimum Gasteiger partial charge on any atom is -0.308 e. The van der Waals surface area contributed by atoms with E-state index < -0.39 is 0 Å². The lowest BCUT2D eigenvalue weighted by Crippen LogP contribution is -2.69. The molecule has 0 spiro atoms. The van der Waals surface area contributed by atoms with Gasteiger partial charge in [0.15, 0.2) is 0 Å². The quantitative estimate of drug-likeness (QED) is 0.893. The smallest absolute Gasteiger partial charge is 0.0335 e. The maximum atomic E-state index is 3.84. The molecule has 3 heteroatoms. The van der Waals surface area contributed by atoms with Crippen molar-refractivity contribution in [1.82, 2.24) is 10.2 Å². The molecule has 0 aromatic carbocycles. The van der Waals surface area contributed by atoms with Crippen molar-refractivity contribution >= 4 is 11.3 Å². The molecule has 3 rings (SSSR count). The van der Waals surface area contributed by atoms with Gasteiger partial charge in [0.1, 0.15) is 0 Å². The van der Waals surface area contributed by atoms with Gasteiger partial charge in [0.05, 0.1) is 0 Å². The summed E-state index contributed by atoms with van der Waals surface area (Å²) in [5.41, 5.74) is 0.676. The molecule has 0 amide bonds. The molecule has 1 aromatic rings. The van der Waals surface area contributed by atoms with Crippen LogP contribution >= 0.6 is 11.3 Å². The first-order valence-corrected chi connectivity index (χ1v) is 8.96. The first kappa shape index (κ1) is 14.6. The fourth-order valence-electron chi connectivity index (χ4n) is 3.54. The fourth-order valence-corrected chi connectivity index (χ4v) is 4.24. The average molecular weight is 292 g/mol. The Morgan fingerprint density at radius 2 is 2.20 bits per heavy atom. The van der Waals surface area contributed by atoms with Crippen molar-refractivity contribution in [3.05, 3.63) is 22.4 Å². The molecule has 112 valence electrons. The number of hydrogen-bond donors (Lipinski definition) is 1. The van der Waals surface area contributed by atoms with E-state index in [1.54, 1.807) is 0 Å². The van der Waals surface area contributed by atoms with Crippen molar-refractivity contribution in [2.45, 2.75) is 57.5 Å². The number of nitrogens with zero attached hydrogens (tertiary/aromatic N) is 1. The zero-order valence-corrected chi connectivity index (χ0v) is 13.9.